The standard InChI is InChI=1S/C15H13N3O3S/c1-21-13-8-7-11(18(19)20)9-12(13)15-17-16-14(22-15)10-5-3-2-4-6-10/h2-9,15,17H,1H3/t15-/m1/s1. The Bertz CT molecular complexity index is 734. The van der Waals surface area contributed by atoms with Crippen LogP contribution in [0.15, 0.2) is 53.6 Å². The molecule has 1 aliphatic heterocycles. The number of rotatable bonds is 4. The number of hydrogen-bond donors (Lipinski definition) is 1. The molecule has 0 unspecified atom stereocenters. The van der Waals surface area contributed by atoms with Crippen LogP contribution in [0.2, 0.25) is 0 Å². The van der Waals surface area contributed by atoms with Gasteiger partial charge in [-0.05, 0) is 6.07 Å². The van der Waals surface area contributed by atoms with E-state index in [9.17, 15) is 10.1 Å². The molecule has 0 aliphatic carbocycles. The number of nitro groups is 1. The third-order valence-electron chi connectivity index (χ3n) is 3.24. The van der Waals surface area contributed by atoms with Crippen molar-refractivity contribution in [3.63, 3.8) is 0 Å². The molecule has 0 radical (unpaired) electrons. The maximum atomic E-state index is 11.0. The van der Waals surface area contributed by atoms with Crippen molar-refractivity contribution in [2.75, 3.05) is 7.11 Å². The molecule has 0 aromatic heterocycles. The van der Waals surface area contributed by atoms with Crippen molar-refractivity contribution in [3.05, 3.63) is 69.8 Å². The first-order valence-electron chi connectivity index (χ1n) is 6.56. The Morgan fingerprint density at radius 2 is 2.05 bits per heavy atom. The molecule has 0 spiro atoms. The number of thioether (sulfide) groups is 1. The quantitative estimate of drug-likeness (QED) is 0.692. The van der Waals surface area contributed by atoms with Gasteiger partial charge in [-0.3, -0.25) is 15.5 Å². The summed E-state index contributed by atoms with van der Waals surface area (Å²) in [5.41, 5.74) is 4.76. The number of benzene rings is 2. The fourth-order valence-corrected chi connectivity index (χ4v) is 3.19. The van der Waals surface area contributed by atoms with Crippen molar-refractivity contribution in [3.8, 4) is 5.75 Å². The first-order valence-corrected chi connectivity index (χ1v) is 7.44. The highest BCUT2D eigenvalue weighted by Gasteiger charge is 2.26. The number of methoxy groups -OCH3 is 1. The zero-order valence-electron chi connectivity index (χ0n) is 11.7. The van der Waals surface area contributed by atoms with Gasteiger partial charge >= 0.3 is 0 Å². The Morgan fingerprint density at radius 1 is 1.27 bits per heavy atom. The van der Waals surface area contributed by atoms with E-state index < -0.39 is 4.92 Å². The Hall–Kier alpha value is -2.54. The predicted octanol–water partition coefficient (Wildman–Crippen LogP) is 3.30. The second-order valence-electron chi connectivity index (χ2n) is 4.59. The van der Waals surface area contributed by atoms with E-state index in [1.165, 1.54) is 23.9 Å². The summed E-state index contributed by atoms with van der Waals surface area (Å²) in [6.45, 7) is 0. The van der Waals surface area contributed by atoms with E-state index in [2.05, 4.69) is 10.5 Å². The van der Waals surface area contributed by atoms with Gasteiger partial charge in [0.05, 0.1) is 12.0 Å². The molecule has 1 heterocycles. The molecule has 2 aromatic rings. The molecule has 7 heteroatoms. The Kier molecular flexibility index (Phi) is 3.97. The Labute approximate surface area is 131 Å². The number of ether oxygens (including phenoxy) is 1. The molecule has 0 bridgehead atoms. The minimum atomic E-state index is -0.415. The van der Waals surface area contributed by atoms with Gasteiger partial charge in [0.15, 0.2) is 0 Å². The SMILES string of the molecule is COc1ccc([N+](=O)[O-])cc1[C@@H]1NN=C(c2ccccc2)S1. The summed E-state index contributed by atoms with van der Waals surface area (Å²) >= 11 is 1.50. The van der Waals surface area contributed by atoms with Crippen molar-refractivity contribution >= 4 is 22.5 Å². The molecular formula is C15H13N3O3S. The lowest BCUT2D eigenvalue weighted by Crippen LogP contribution is -2.08. The van der Waals surface area contributed by atoms with Crippen LogP contribution < -0.4 is 10.2 Å². The summed E-state index contributed by atoms with van der Waals surface area (Å²) in [7, 11) is 1.54. The van der Waals surface area contributed by atoms with Crippen LogP contribution in [0.5, 0.6) is 5.75 Å². The summed E-state index contributed by atoms with van der Waals surface area (Å²) in [5.74, 6) is 0.597. The molecule has 3 rings (SSSR count). The second-order valence-corrected chi connectivity index (χ2v) is 5.69. The minimum Gasteiger partial charge on any atom is -0.496 e. The highest BCUT2D eigenvalue weighted by Crippen LogP contribution is 2.39. The smallest absolute Gasteiger partial charge is 0.270 e. The van der Waals surface area contributed by atoms with E-state index in [-0.39, 0.29) is 11.1 Å². The fraction of sp³-hybridized carbons (Fsp3) is 0.133. The van der Waals surface area contributed by atoms with Crippen LogP contribution in [0.4, 0.5) is 5.69 Å². The zero-order valence-corrected chi connectivity index (χ0v) is 12.5. The normalized spacial score (nSPS) is 16.8. The van der Waals surface area contributed by atoms with Crippen LogP contribution in [0.3, 0.4) is 0 Å². The molecule has 112 valence electrons. The molecule has 2 aromatic carbocycles. The van der Waals surface area contributed by atoms with Gasteiger partial charge in [-0.2, -0.15) is 5.10 Å². The van der Waals surface area contributed by atoms with Crippen LogP contribution in [-0.4, -0.2) is 17.1 Å². The lowest BCUT2D eigenvalue weighted by atomic mass is 10.1. The van der Waals surface area contributed by atoms with Crippen LogP contribution in [-0.2, 0) is 0 Å². The molecule has 1 atom stereocenters. The van der Waals surface area contributed by atoms with Crippen LogP contribution in [0, 0.1) is 10.1 Å². The summed E-state index contributed by atoms with van der Waals surface area (Å²) < 4.78 is 5.31. The molecule has 0 saturated carbocycles. The third-order valence-corrected chi connectivity index (χ3v) is 4.39. The molecule has 1 aliphatic rings. The second kappa shape index (κ2) is 6.07. The molecular weight excluding hydrogens is 302 g/mol. The van der Waals surface area contributed by atoms with E-state index in [1.807, 2.05) is 30.3 Å². The van der Waals surface area contributed by atoms with Gasteiger partial charge in [-0.15, -0.1) is 0 Å². The molecule has 22 heavy (non-hydrogen) atoms. The maximum Gasteiger partial charge on any atom is 0.270 e. The molecule has 0 fully saturated rings. The van der Waals surface area contributed by atoms with E-state index in [0.29, 0.717) is 11.3 Å². The first-order chi connectivity index (χ1) is 10.7. The van der Waals surface area contributed by atoms with E-state index in [1.54, 1.807) is 13.2 Å². The predicted molar refractivity (Wildman–Crippen MR) is 86.1 cm³/mol. The molecule has 6 nitrogen and oxygen atoms in total. The zero-order chi connectivity index (χ0) is 15.5. The number of nitrogens with one attached hydrogen (secondary N) is 1. The van der Waals surface area contributed by atoms with E-state index in [4.69, 9.17) is 4.74 Å². The summed E-state index contributed by atoms with van der Waals surface area (Å²) in [4.78, 5) is 10.5. The topological polar surface area (TPSA) is 76.8 Å². The molecule has 0 amide bonds. The van der Waals surface area contributed by atoms with Gasteiger partial charge in [-0.1, -0.05) is 42.1 Å². The number of non-ortho nitro benzene ring substituents is 1. The van der Waals surface area contributed by atoms with Gasteiger partial charge in [0.25, 0.3) is 5.69 Å². The highest BCUT2D eigenvalue weighted by molar-refractivity contribution is 8.14. The average molecular weight is 315 g/mol. The van der Waals surface area contributed by atoms with Gasteiger partial charge in [0.1, 0.15) is 16.2 Å². The van der Waals surface area contributed by atoms with Crippen LogP contribution in [0.25, 0.3) is 0 Å². The summed E-state index contributed by atoms with van der Waals surface area (Å²) in [6.07, 6.45) is 0. The lowest BCUT2D eigenvalue weighted by Gasteiger charge is -2.13. The fourth-order valence-electron chi connectivity index (χ4n) is 2.17. The minimum absolute atomic E-state index is 0.0337. The molecule has 0 saturated heterocycles. The van der Waals surface area contributed by atoms with Crippen LogP contribution >= 0.6 is 11.8 Å². The van der Waals surface area contributed by atoms with Crippen molar-refractivity contribution in [2.45, 2.75) is 5.37 Å². The van der Waals surface area contributed by atoms with Crippen molar-refractivity contribution in [2.24, 2.45) is 5.10 Å². The average Bonchev–Trinajstić information content (AvgIpc) is 3.05. The lowest BCUT2D eigenvalue weighted by molar-refractivity contribution is -0.384. The van der Waals surface area contributed by atoms with Gasteiger partial charge in [-0.25, -0.2) is 0 Å². The molecule has 1 N–H and O–H groups in total. The maximum absolute atomic E-state index is 11.0. The van der Waals surface area contributed by atoms with Gasteiger partial charge < -0.3 is 4.74 Å². The summed E-state index contributed by atoms with van der Waals surface area (Å²) in [5, 5.41) is 15.9. The number of nitrogens with zero attached hydrogens (tertiary/aromatic N) is 2. The number of hydrazone groups is 1. The van der Waals surface area contributed by atoms with Crippen molar-refractivity contribution in [1.82, 2.24) is 5.43 Å². The van der Waals surface area contributed by atoms with E-state index in [0.717, 1.165) is 10.6 Å². The van der Waals surface area contributed by atoms with Gasteiger partial charge in [0, 0.05) is 23.3 Å². The third kappa shape index (κ3) is 2.75. The Balaban J connectivity index is 1.87. The van der Waals surface area contributed by atoms with Crippen molar-refractivity contribution in [1.29, 1.82) is 0 Å². The highest BCUT2D eigenvalue weighted by atomic mass is 32.2. The monoisotopic (exact) mass is 315 g/mol. The summed E-state index contributed by atoms with van der Waals surface area (Å²) in [6, 6.07) is 14.3. The first kappa shape index (κ1) is 14.4. The number of hydrogen-bond acceptors (Lipinski definition) is 6. The van der Waals surface area contributed by atoms with Gasteiger partial charge in [0.2, 0.25) is 0 Å². The van der Waals surface area contributed by atoms with E-state index >= 15 is 0 Å². The van der Waals surface area contributed by atoms with Crippen molar-refractivity contribution < 1.29 is 9.66 Å². The van der Waals surface area contributed by atoms with Crippen LogP contribution in [0.1, 0.15) is 16.5 Å². The number of nitro benzene ring substituents is 1. The Morgan fingerprint density at radius 3 is 2.73 bits per heavy atom. The largest absolute Gasteiger partial charge is 0.496 e.